The van der Waals surface area contributed by atoms with Gasteiger partial charge in [-0.05, 0) is 80.1 Å². The van der Waals surface area contributed by atoms with Crippen molar-refractivity contribution in [3.63, 3.8) is 0 Å². The molecule has 0 saturated carbocycles. The van der Waals surface area contributed by atoms with Gasteiger partial charge in [-0.25, -0.2) is 9.67 Å². The van der Waals surface area contributed by atoms with Crippen LogP contribution in [0.15, 0.2) is 82.1 Å². The summed E-state index contributed by atoms with van der Waals surface area (Å²) in [7, 11) is 3.73. The second-order valence-electron chi connectivity index (χ2n) is 11.0. The predicted molar refractivity (Wildman–Crippen MR) is 170 cm³/mol. The molecular formula is C34H36N6O4. The fourth-order valence-electron chi connectivity index (χ4n) is 5.39. The van der Waals surface area contributed by atoms with Gasteiger partial charge >= 0.3 is 0 Å². The van der Waals surface area contributed by atoms with E-state index >= 15 is 0 Å². The van der Waals surface area contributed by atoms with Gasteiger partial charge in [-0.2, -0.15) is 5.10 Å². The first-order chi connectivity index (χ1) is 21.3. The van der Waals surface area contributed by atoms with Crippen molar-refractivity contribution in [1.82, 2.24) is 29.2 Å². The van der Waals surface area contributed by atoms with Gasteiger partial charge in [0.25, 0.3) is 0 Å². The number of aryl methyl sites for hydroxylation is 2. The zero-order chi connectivity index (χ0) is 30.8. The van der Waals surface area contributed by atoms with E-state index in [0.717, 1.165) is 63.7 Å². The highest BCUT2D eigenvalue weighted by molar-refractivity contribution is 5.84. The van der Waals surface area contributed by atoms with Gasteiger partial charge in [-0.15, -0.1) is 0 Å². The molecule has 0 spiro atoms. The van der Waals surface area contributed by atoms with Gasteiger partial charge in [0.2, 0.25) is 5.56 Å². The van der Waals surface area contributed by atoms with Crippen molar-refractivity contribution in [1.29, 1.82) is 0 Å². The minimum Gasteiger partial charge on any atom is -0.507 e. The Bertz CT molecular complexity index is 1960. The summed E-state index contributed by atoms with van der Waals surface area (Å²) in [5.74, 6) is 2.34. The van der Waals surface area contributed by atoms with E-state index in [2.05, 4.69) is 27.4 Å². The lowest BCUT2D eigenvalue weighted by molar-refractivity contribution is 0.158. The summed E-state index contributed by atoms with van der Waals surface area (Å²) in [5, 5.41) is 15.9. The summed E-state index contributed by atoms with van der Waals surface area (Å²) in [6.45, 7) is 6.55. The number of H-pyrrole nitrogens is 1. The van der Waals surface area contributed by atoms with Crippen LogP contribution in [0.25, 0.3) is 39.6 Å². The lowest BCUT2D eigenvalue weighted by atomic mass is 10.1. The van der Waals surface area contributed by atoms with Crippen LogP contribution in [-0.4, -0.2) is 61.6 Å². The van der Waals surface area contributed by atoms with Crippen molar-refractivity contribution in [2.75, 3.05) is 27.3 Å². The number of aromatic hydroxyl groups is 1. The number of phenolic OH excluding ortho intramolecular Hbond substituents is 1. The standard InChI is InChI=1S/C34H36N6O4/c1-5-25-17-30(32-12-6-22(2)44-32)40(37-25)26-9-10-29-28(18-26)36-34(39(29)21-24-8-13-33(42)35-19-24)27-16-23(7-11-31(27)41)20-38(3)14-15-43-4/h6-13,16-19,41H,5,14-15,20-21H2,1-4H3,(H,35,42). The van der Waals surface area contributed by atoms with Gasteiger partial charge in [-0.1, -0.05) is 19.1 Å². The maximum Gasteiger partial charge on any atom is 0.247 e. The number of hydrogen-bond donors (Lipinski definition) is 2. The summed E-state index contributed by atoms with van der Waals surface area (Å²) in [6, 6.07) is 21.0. The van der Waals surface area contributed by atoms with Crippen molar-refractivity contribution in [2.45, 2.75) is 33.4 Å². The molecule has 0 saturated heterocycles. The summed E-state index contributed by atoms with van der Waals surface area (Å²) in [4.78, 5) is 21.8. The Morgan fingerprint density at radius 3 is 2.61 bits per heavy atom. The molecule has 0 fully saturated rings. The number of rotatable bonds is 11. The van der Waals surface area contributed by atoms with Gasteiger partial charge < -0.3 is 23.8 Å². The zero-order valence-electron chi connectivity index (χ0n) is 25.4. The minimum absolute atomic E-state index is 0.140. The van der Waals surface area contributed by atoms with Gasteiger partial charge in [0.15, 0.2) is 5.76 Å². The van der Waals surface area contributed by atoms with Crippen molar-refractivity contribution in [3.8, 4) is 34.3 Å². The van der Waals surface area contributed by atoms with Crippen LogP contribution in [0.2, 0.25) is 0 Å². The highest BCUT2D eigenvalue weighted by Crippen LogP contribution is 2.34. The summed E-state index contributed by atoms with van der Waals surface area (Å²) in [5.41, 5.74) is 6.71. The molecular weight excluding hydrogens is 556 g/mol. The number of benzene rings is 2. The predicted octanol–water partition coefficient (Wildman–Crippen LogP) is 5.54. The number of phenols is 1. The highest BCUT2D eigenvalue weighted by Gasteiger charge is 2.20. The number of likely N-dealkylation sites (N-methyl/N-ethyl adjacent to an activating group) is 1. The smallest absolute Gasteiger partial charge is 0.247 e. The Labute approximate surface area is 255 Å². The first kappa shape index (κ1) is 29.2. The molecule has 0 aliphatic heterocycles. The van der Waals surface area contributed by atoms with Crippen LogP contribution < -0.4 is 5.56 Å². The van der Waals surface area contributed by atoms with Crippen LogP contribution >= 0.6 is 0 Å². The number of aromatic amines is 1. The van der Waals surface area contributed by atoms with Gasteiger partial charge in [0.05, 0.1) is 41.1 Å². The number of aromatic nitrogens is 5. The SMILES string of the molecule is CCc1cc(-c2ccc(C)o2)n(-c2ccc3c(c2)nc(-c2cc(CN(C)CCOC)ccc2O)n3Cc2ccc(=O)[nH]c2)n1. The van der Waals surface area contributed by atoms with Gasteiger partial charge in [0.1, 0.15) is 23.0 Å². The molecule has 10 heteroatoms. The average Bonchev–Trinajstić information content (AvgIpc) is 3.74. The maximum absolute atomic E-state index is 11.8. The number of hydrogen-bond acceptors (Lipinski definition) is 7. The summed E-state index contributed by atoms with van der Waals surface area (Å²) in [6.07, 6.45) is 2.50. The number of nitrogens with one attached hydrogen (secondary N) is 1. The third-order valence-corrected chi connectivity index (χ3v) is 7.71. The van der Waals surface area contributed by atoms with Crippen LogP contribution in [0.1, 0.15) is 29.5 Å². The van der Waals surface area contributed by atoms with Crippen molar-refractivity contribution >= 4 is 11.0 Å². The second-order valence-corrected chi connectivity index (χ2v) is 11.0. The third-order valence-electron chi connectivity index (χ3n) is 7.71. The number of methoxy groups -OCH3 is 1. The molecule has 4 aromatic heterocycles. The largest absolute Gasteiger partial charge is 0.507 e. The monoisotopic (exact) mass is 592 g/mol. The molecule has 44 heavy (non-hydrogen) atoms. The Morgan fingerprint density at radius 1 is 1.05 bits per heavy atom. The fourth-order valence-corrected chi connectivity index (χ4v) is 5.39. The molecule has 0 amide bonds. The molecule has 0 aliphatic rings. The van der Waals surface area contributed by atoms with Gasteiger partial charge in [0, 0.05) is 32.5 Å². The topological polar surface area (TPSA) is 114 Å². The number of pyridine rings is 1. The molecule has 4 heterocycles. The number of imidazole rings is 1. The molecule has 0 atom stereocenters. The van der Waals surface area contributed by atoms with E-state index in [0.29, 0.717) is 31.1 Å². The number of ether oxygens (including phenoxy) is 1. The van der Waals surface area contributed by atoms with E-state index in [1.165, 1.54) is 6.07 Å². The molecule has 0 aliphatic carbocycles. The van der Waals surface area contributed by atoms with Crippen LogP contribution in [-0.2, 0) is 24.2 Å². The number of furan rings is 1. The second kappa shape index (κ2) is 12.4. The van der Waals surface area contributed by atoms with Crippen LogP contribution in [0.5, 0.6) is 5.75 Å². The maximum atomic E-state index is 11.8. The molecule has 0 unspecified atom stereocenters. The first-order valence-electron chi connectivity index (χ1n) is 14.7. The first-order valence-corrected chi connectivity index (χ1v) is 14.7. The number of fused-ring (bicyclic) bond motifs is 1. The van der Waals surface area contributed by atoms with Crippen molar-refractivity contribution in [3.05, 3.63) is 106 Å². The Kier molecular flexibility index (Phi) is 8.19. The minimum atomic E-state index is -0.162. The highest BCUT2D eigenvalue weighted by atomic mass is 16.5. The average molecular weight is 593 g/mol. The lowest BCUT2D eigenvalue weighted by Gasteiger charge is -2.17. The molecule has 2 N–H and O–H groups in total. The Morgan fingerprint density at radius 2 is 1.89 bits per heavy atom. The molecule has 226 valence electrons. The van der Waals surface area contributed by atoms with E-state index in [-0.39, 0.29) is 11.3 Å². The molecule has 6 rings (SSSR count). The molecule has 10 nitrogen and oxygen atoms in total. The quantitative estimate of drug-likeness (QED) is 0.203. The van der Waals surface area contributed by atoms with Crippen molar-refractivity contribution in [2.24, 2.45) is 0 Å². The van der Waals surface area contributed by atoms with Crippen LogP contribution in [0.4, 0.5) is 0 Å². The Balaban J connectivity index is 1.48. The normalized spacial score (nSPS) is 11.7. The summed E-state index contributed by atoms with van der Waals surface area (Å²) < 4.78 is 15.2. The summed E-state index contributed by atoms with van der Waals surface area (Å²) >= 11 is 0. The van der Waals surface area contributed by atoms with Crippen LogP contribution in [0, 0.1) is 6.92 Å². The molecule has 0 radical (unpaired) electrons. The van der Waals surface area contributed by atoms with E-state index in [1.54, 1.807) is 25.4 Å². The van der Waals surface area contributed by atoms with Crippen LogP contribution in [0.3, 0.4) is 0 Å². The zero-order valence-corrected chi connectivity index (χ0v) is 25.4. The third kappa shape index (κ3) is 5.95. The molecule has 2 aromatic carbocycles. The van der Waals surface area contributed by atoms with Gasteiger partial charge in [-0.3, -0.25) is 9.69 Å². The van der Waals surface area contributed by atoms with E-state index in [1.807, 2.05) is 61.1 Å². The fraction of sp³-hybridized carbons (Fsp3) is 0.265. The molecule has 0 bridgehead atoms. The van der Waals surface area contributed by atoms with E-state index in [9.17, 15) is 9.90 Å². The van der Waals surface area contributed by atoms with E-state index < -0.39 is 0 Å². The lowest BCUT2D eigenvalue weighted by Crippen LogP contribution is -2.22. The van der Waals surface area contributed by atoms with E-state index in [4.69, 9.17) is 19.2 Å². The van der Waals surface area contributed by atoms with Crippen molar-refractivity contribution < 1.29 is 14.3 Å². The number of nitrogens with zero attached hydrogens (tertiary/aromatic N) is 5. The Hall–Kier alpha value is -4.93. The molecule has 6 aromatic rings.